The number of aromatic nitrogens is 2. The van der Waals surface area contributed by atoms with Gasteiger partial charge in [-0.25, -0.2) is 9.48 Å². The van der Waals surface area contributed by atoms with Gasteiger partial charge in [-0.1, -0.05) is 12.1 Å². The van der Waals surface area contributed by atoms with Gasteiger partial charge in [0.2, 0.25) is 5.91 Å². The number of imide groups is 1. The normalized spacial score (nSPS) is 17.5. The molecule has 3 heterocycles. The van der Waals surface area contributed by atoms with Crippen LogP contribution in [0.2, 0.25) is 0 Å². The van der Waals surface area contributed by atoms with Crippen LogP contribution in [0.4, 0.5) is 5.69 Å². The molecule has 10 heteroatoms. The predicted octanol–water partition coefficient (Wildman–Crippen LogP) is 3.15. The number of nitrogens with zero attached hydrogens (tertiary/aromatic N) is 3. The van der Waals surface area contributed by atoms with Crippen molar-refractivity contribution in [3.63, 3.8) is 0 Å². The van der Waals surface area contributed by atoms with E-state index in [9.17, 15) is 19.2 Å². The lowest BCUT2D eigenvalue weighted by atomic mass is 10.1. The van der Waals surface area contributed by atoms with Crippen molar-refractivity contribution in [2.24, 2.45) is 0 Å². The summed E-state index contributed by atoms with van der Waals surface area (Å²) in [5.41, 5.74) is 1.77. The van der Waals surface area contributed by atoms with Crippen molar-refractivity contribution in [1.82, 2.24) is 14.7 Å². The number of fused-ring (bicyclic) bond motifs is 2. The Bertz CT molecular complexity index is 1310. The third kappa shape index (κ3) is 4.17. The lowest BCUT2D eigenvalue weighted by Gasteiger charge is -2.23. The van der Waals surface area contributed by atoms with Gasteiger partial charge in [-0.05, 0) is 56.5 Å². The number of esters is 1. The average Bonchev–Trinajstić information content (AvgIpc) is 3.36. The Kier molecular flexibility index (Phi) is 6.04. The molecular formula is C25H24N4O6. The van der Waals surface area contributed by atoms with Crippen LogP contribution in [0.3, 0.4) is 0 Å². The molecule has 2 aliphatic heterocycles. The summed E-state index contributed by atoms with van der Waals surface area (Å²) in [6, 6.07) is 11.5. The third-order valence-electron chi connectivity index (χ3n) is 6.07. The number of hydrogen-bond donors (Lipinski definition) is 1. The molecule has 1 saturated heterocycles. The van der Waals surface area contributed by atoms with Gasteiger partial charge in [0.25, 0.3) is 11.8 Å². The SMILES string of the molecule is CCOC(=O)c1nn(C2CCCCO2)c2ccc(NC(=O)CN3C(=O)c4ccccc4C3=O)cc12. The molecule has 180 valence electrons. The molecule has 0 radical (unpaired) electrons. The van der Waals surface area contributed by atoms with Crippen LogP contribution < -0.4 is 5.32 Å². The molecule has 2 aliphatic rings. The summed E-state index contributed by atoms with van der Waals surface area (Å²) in [5, 5.41) is 7.71. The van der Waals surface area contributed by atoms with Crippen molar-refractivity contribution in [1.29, 1.82) is 0 Å². The van der Waals surface area contributed by atoms with Gasteiger partial charge in [0.05, 0.1) is 23.3 Å². The van der Waals surface area contributed by atoms with Gasteiger partial charge < -0.3 is 14.8 Å². The number of rotatable bonds is 6. The summed E-state index contributed by atoms with van der Waals surface area (Å²) < 4.78 is 12.7. The minimum absolute atomic E-state index is 0.132. The molecule has 5 rings (SSSR count). The molecule has 0 bridgehead atoms. The fourth-order valence-electron chi connectivity index (χ4n) is 4.43. The summed E-state index contributed by atoms with van der Waals surface area (Å²) in [6.45, 7) is 2.10. The molecule has 0 spiro atoms. The highest BCUT2D eigenvalue weighted by Gasteiger charge is 2.36. The fraction of sp³-hybridized carbons (Fsp3) is 0.320. The molecule has 3 amide bonds. The number of carbonyl (C=O) groups excluding carboxylic acids is 4. The Labute approximate surface area is 200 Å². The van der Waals surface area contributed by atoms with Crippen molar-refractivity contribution < 1.29 is 28.7 Å². The molecule has 3 aromatic rings. The first kappa shape index (κ1) is 22.7. The van der Waals surface area contributed by atoms with E-state index in [1.54, 1.807) is 54.1 Å². The fourth-order valence-corrected chi connectivity index (χ4v) is 4.43. The molecule has 0 aliphatic carbocycles. The first-order chi connectivity index (χ1) is 17.0. The van der Waals surface area contributed by atoms with E-state index in [-0.39, 0.29) is 29.7 Å². The van der Waals surface area contributed by atoms with Crippen molar-refractivity contribution in [3.8, 4) is 0 Å². The van der Waals surface area contributed by atoms with Crippen LogP contribution in [-0.2, 0) is 14.3 Å². The monoisotopic (exact) mass is 476 g/mol. The number of amides is 3. The Hall–Kier alpha value is -4.05. The smallest absolute Gasteiger partial charge is 0.359 e. The van der Waals surface area contributed by atoms with E-state index in [0.717, 1.165) is 24.2 Å². The molecule has 1 unspecified atom stereocenters. The lowest BCUT2D eigenvalue weighted by molar-refractivity contribution is -0.116. The maximum absolute atomic E-state index is 12.7. The largest absolute Gasteiger partial charge is 0.461 e. The highest BCUT2D eigenvalue weighted by atomic mass is 16.5. The third-order valence-corrected chi connectivity index (χ3v) is 6.07. The Balaban J connectivity index is 1.39. The highest BCUT2D eigenvalue weighted by molar-refractivity contribution is 6.22. The summed E-state index contributed by atoms with van der Waals surface area (Å²) in [4.78, 5) is 51.3. The number of ether oxygens (including phenoxy) is 2. The van der Waals surface area contributed by atoms with Crippen molar-refractivity contribution >= 4 is 40.3 Å². The van der Waals surface area contributed by atoms with Gasteiger partial charge in [-0.2, -0.15) is 5.10 Å². The van der Waals surface area contributed by atoms with Crippen LogP contribution >= 0.6 is 0 Å². The van der Waals surface area contributed by atoms with Crippen LogP contribution in [0.1, 0.15) is 63.6 Å². The van der Waals surface area contributed by atoms with E-state index in [1.807, 2.05) is 0 Å². The van der Waals surface area contributed by atoms with Crippen LogP contribution in [0, 0.1) is 0 Å². The summed E-state index contributed by atoms with van der Waals surface area (Å²) in [7, 11) is 0. The first-order valence-electron chi connectivity index (χ1n) is 11.5. The highest BCUT2D eigenvalue weighted by Crippen LogP contribution is 2.30. The van der Waals surface area contributed by atoms with Crippen LogP contribution in [0.25, 0.3) is 10.9 Å². The van der Waals surface area contributed by atoms with Crippen LogP contribution in [0.15, 0.2) is 42.5 Å². The molecular weight excluding hydrogens is 452 g/mol. The Morgan fingerprint density at radius 1 is 1.11 bits per heavy atom. The molecule has 1 fully saturated rings. The van der Waals surface area contributed by atoms with E-state index >= 15 is 0 Å². The van der Waals surface area contributed by atoms with E-state index < -0.39 is 30.2 Å². The van der Waals surface area contributed by atoms with Gasteiger partial charge in [0.1, 0.15) is 6.54 Å². The zero-order valence-corrected chi connectivity index (χ0v) is 19.2. The molecule has 35 heavy (non-hydrogen) atoms. The van der Waals surface area contributed by atoms with Gasteiger partial charge in [-0.15, -0.1) is 0 Å². The van der Waals surface area contributed by atoms with E-state index in [4.69, 9.17) is 9.47 Å². The number of anilines is 1. The Morgan fingerprint density at radius 3 is 2.51 bits per heavy atom. The second-order valence-electron chi connectivity index (χ2n) is 8.36. The minimum atomic E-state index is -0.568. The standard InChI is InChI=1S/C25H24N4O6/c1-2-34-25(33)22-18-13-15(10-11-19(18)29(27-22)21-9-5-6-12-35-21)26-20(30)14-28-23(31)16-7-3-4-8-17(16)24(28)32/h3-4,7-8,10-11,13,21H,2,5-6,9,12,14H2,1H3,(H,26,30). The van der Waals surface area contributed by atoms with Gasteiger partial charge in [0, 0.05) is 17.7 Å². The van der Waals surface area contributed by atoms with E-state index in [0.29, 0.717) is 23.2 Å². The van der Waals surface area contributed by atoms with E-state index in [2.05, 4.69) is 10.4 Å². The summed E-state index contributed by atoms with van der Waals surface area (Å²) in [6.07, 6.45) is 2.46. The maximum Gasteiger partial charge on any atom is 0.359 e. The Morgan fingerprint density at radius 2 is 1.86 bits per heavy atom. The summed E-state index contributed by atoms with van der Waals surface area (Å²) >= 11 is 0. The quantitative estimate of drug-likeness (QED) is 0.429. The number of nitrogens with one attached hydrogen (secondary N) is 1. The molecule has 10 nitrogen and oxygen atoms in total. The topological polar surface area (TPSA) is 120 Å². The number of benzene rings is 2. The second-order valence-corrected chi connectivity index (χ2v) is 8.36. The predicted molar refractivity (Wildman–Crippen MR) is 125 cm³/mol. The number of hydrogen-bond acceptors (Lipinski definition) is 7. The maximum atomic E-state index is 12.7. The lowest BCUT2D eigenvalue weighted by Crippen LogP contribution is -2.37. The first-order valence-corrected chi connectivity index (χ1v) is 11.5. The van der Waals surface area contributed by atoms with Crippen molar-refractivity contribution in [3.05, 3.63) is 59.3 Å². The zero-order chi connectivity index (χ0) is 24.5. The second kappa shape index (κ2) is 9.30. The average molecular weight is 476 g/mol. The molecule has 1 atom stereocenters. The van der Waals surface area contributed by atoms with Gasteiger partial charge in [0.15, 0.2) is 11.9 Å². The van der Waals surface area contributed by atoms with Crippen LogP contribution in [0.5, 0.6) is 0 Å². The van der Waals surface area contributed by atoms with Crippen molar-refractivity contribution in [2.45, 2.75) is 32.4 Å². The van der Waals surface area contributed by atoms with Gasteiger partial charge >= 0.3 is 5.97 Å². The van der Waals surface area contributed by atoms with Crippen molar-refractivity contribution in [2.75, 3.05) is 25.1 Å². The zero-order valence-electron chi connectivity index (χ0n) is 19.2. The minimum Gasteiger partial charge on any atom is -0.461 e. The van der Waals surface area contributed by atoms with Gasteiger partial charge in [-0.3, -0.25) is 19.3 Å². The molecule has 1 N–H and O–H groups in total. The summed E-state index contributed by atoms with van der Waals surface area (Å²) in [5.74, 6) is -2.12. The molecule has 1 aromatic heterocycles. The molecule has 0 saturated carbocycles. The van der Waals surface area contributed by atoms with Crippen LogP contribution in [-0.4, -0.2) is 58.1 Å². The number of carbonyl (C=O) groups is 4. The molecule has 2 aromatic carbocycles. The van der Waals surface area contributed by atoms with E-state index in [1.165, 1.54) is 0 Å².